The fourth-order valence-corrected chi connectivity index (χ4v) is 1.44. The lowest BCUT2D eigenvalue weighted by atomic mass is 10.3. The summed E-state index contributed by atoms with van der Waals surface area (Å²) in [6, 6.07) is 4.62. The average molecular weight is 203 g/mol. The molecule has 0 aliphatic rings. The molecule has 0 aliphatic carbocycles. The number of fused-ring (bicyclic) bond motifs is 1. The summed E-state index contributed by atoms with van der Waals surface area (Å²) in [6.45, 7) is 4.21. The van der Waals surface area contributed by atoms with Crippen LogP contribution in [0.15, 0.2) is 37.2 Å². The molecule has 5 nitrogen and oxygen atoms in total. The van der Waals surface area contributed by atoms with E-state index in [1.54, 1.807) is 18.5 Å². The average Bonchev–Trinajstić information content (AvgIpc) is 2.61. The summed E-state index contributed by atoms with van der Waals surface area (Å²) in [5, 5.41) is 10.6. The third-order valence-electron chi connectivity index (χ3n) is 2.14. The summed E-state index contributed by atoms with van der Waals surface area (Å²) in [5.41, 5.74) is 1.58. The second kappa shape index (κ2) is 3.53. The van der Waals surface area contributed by atoms with E-state index in [9.17, 15) is 10.1 Å². The Bertz CT molecular complexity index is 530. The molecule has 0 amide bonds. The van der Waals surface area contributed by atoms with Crippen LogP contribution >= 0.6 is 0 Å². The molecule has 0 aliphatic heterocycles. The van der Waals surface area contributed by atoms with E-state index in [1.807, 2.05) is 4.57 Å². The molecule has 0 spiro atoms. The van der Waals surface area contributed by atoms with Crippen molar-refractivity contribution in [2.24, 2.45) is 0 Å². The zero-order valence-corrected chi connectivity index (χ0v) is 7.96. The van der Waals surface area contributed by atoms with Crippen LogP contribution < -0.4 is 0 Å². The molecule has 1 heterocycles. The highest BCUT2D eigenvalue weighted by Gasteiger charge is 2.09. The minimum Gasteiger partial charge on any atom is -0.327 e. The van der Waals surface area contributed by atoms with Gasteiger partial charge in [-0.05, 0) is 6.07 Å². The number of imidazole rings is 1. The van der Waals surface area contributed by atoms with E-state index in [1.165, 1.54) is 12.1 Å². The highest BCUT2D eigenvalue weighted by molar-refractivity contribution is 5.78. The van der Waals surface area contributed by atoms with Crippen molar-refractivity contribution in [2.75, 3.05) is 0 Å². The van der Waals surface area contributed by atoms with Crippen molar-refractivity contribution in [1.29, 1.82) is 0 Å². The van der Waals surface area contributed by atoms with E-state index in [0.717, 1.165) is 11.0 Å². The zero-order valence-electron chi connectivity index (χ0n) is 7.96. The summed E-state index contributed by atoms with van der Waals surface area (Å²) >= 11 is 0. The first-order valence-electron chi connectivity index (χ1n) is 4.42. The van der Waals surface area contributed by atoms with Gasteiger partial charge in [0, 0.05) is 18.7 Å². The van der Waals surface area contributed by atoms with Crippen molar-refractivity contribution < 1.29 is 4.92 Å². The maximum Gasteiger partial charge on any atom is 0.271 e. The Labute approximate surface area is 85.8 Å². The normalized spacial score (nSPS) is 10.4. The molecule has 0 radical (unpaired) electrons. The zero-order chi connectivity index (χ0) is 10.8. The second-order valence-electron chi connectivity index (χ2n) is 3.12. The molecule has 0 saturated heterocycles. The SMILES string of the molecule is C=CCn1cnc2ccc([N+](=O)[O-])cc21. The Morgan fingerprint density at radius 1 is 1.60 bits per heavy atom. The van der Waals surface area contributed by atoms with Crippen LogP contribution in [0.5, 0.6) is 0 Å². The largest absolute Gasteiger partial charge is 0.327 e. The van der Waals surface area contributed by atoms with Gasteiger partial charge in [-0.15, -0.1) is 6.58 Å². The lowest BCUT2D eigenvalue weighted by Gasteiger charge is -1.98. The van der Waals surface area contributed by atoms with Gasteiger partial charge in [-0.25, -0.2) is 4.98 Å². The van der Waals surface area contributed by atoms with Crippen LogP contribution in [0.4, 0.5) is 5.69 Å². The Morgan fingerprint density at radius 3 is 3.07 bits per heavy atom. The third kappa shape index (κ3) is 1.59. The van der Waals surface area contributed by atoms with E-state index in [0.29, 0.717) is 6.54 Å². The molecule has 0 fully saturated rings. The minimum absolute atomic E-state index is 0.0771. The van der Waals surface area contributed by atoms with E-state index in [4.69, 9.17) is 0 Å². The van der Waals surface area contributed by atoms with E-state index in [2.05, 4.69) is 11.6 Å². The van der Waals surface area contributed by atoms with Crippen LogP contribution in [-0.4, -0.2) is 14.5 Å². The molecule has 5 heteroatoms. The molecule has 15 heavy (non-hydrogen) atoms. The van der Waals surface area contributed by atoms with Gasteiger partial charge in [0.2, 0.25) is 0 Å². The van der Waals surface area contributed by atoms with Crippen molar-refractivity contribution >= 4 is 16.7 Å². The van der Waals surface area contributed by atoms with Crippen LogP contribution in [0.3, 0.4) is 0 Å². The van der Waals surface area contributed by atoms with Gasteiger partial charge in [0.1, 0.15) is 0 Å². The number of non-ortho nitro benzene ring substituents is 1. The summed E-state index contributed by atoms with van der Waals surface area (Å²) < 4.78 is 1.81. The summed E-state index contributed by atoms with van der Waals surface area (Å²) in [4.78, 5) is 14.3. The summed E-state index contributed by atoms with van der Waals surface area (Å²) in [7, 11) is 0. The van der Waals surface area contributed by atoms with Crippen LogP contribution in [0, 0.1) is 10.1 Å². The van der Waals surface area contributed by atoms with Crippen LogP contribution in [0.1, 0.15) is 0 Å². The van der Waals surface area contributed by atoms with Crippen LogP contribution in [-0.2, 0) is 6.54 Å². The number of aromatic nitrogens is 2. The number of hydrogen-bond acceptors (Lipinski definition) is 3. The van der Waals surface area contributed by atoms with Gasteiger partial charge >= 0.3 is 0 Å². The number of rotatable bonds is 3. The van der Waals surface area contributed by atoms with Crippen LogP contribution in [0.2, 0.25) is 0 Å². The molecule has 0 bridgehead atoms. The Morgan fingerprint density at radius 2 is 2.40 bits per heavy atom. The molecule has 0 N–H and O–H groups in total. The van der Waals surface area contributed by atoms with Crippen molar-refractivity contribution in [1.82, 2.24) is 9.55 Å². The topological polar surface area (TPSA) is 61.0 Å². The molecule has 1 aromatic carbocycles. The molecule has 2 aromatic rings. The monoisotopic (exact) mass is 203 g/mol. The first kappa shape index (κ1) is 9.39. The molecule has 1 aromatic heterocycles. The van der Waals surface area contributed by atoms with Crippen molar-refractivity contribution in [3.05, 3.63) is 47.3 Å². The van der Waals surface area contributed by atoms with Crippen molar-refractivity contribution in [3.8, 4) is 0 Å². The fraction of sp³-hybridized carbons (Fsp3) is 0.100. The maximum absolute atomic E-state index is 10.6. The smallest absolute Gasteiger partial charge is 0.271 e. The third-order valence-corrected chi connectivity index (χ3v) is 2.14. The van der Waals surface area contributed by atoms with Gasteiger partial charge in [0.05, 0.1) is 22.3 Å². The maximum atomic E-state index is 10.6. The molecule has 0 saturated carbocycles. The lowest BCUT2D eigenvalue weighted by Crippen LogP contribution is -1.93. The highest BCUT2D eigenvalue weighted by Crippen LogP contribution is 2.19. The standard InChI is InChI=1S/C10H9N3O2/c1-2-5-12-7-11-9-4-3-8(13(14)15)6-10(9)12/h2-4,6-7H,1,5H2. The predicted octanol–water partition coefficient (Wildman–Crippen LogP) is 2.13. The number of nitro groups is 1. The van der Waals surface area contributed by atoms with Gasteiger partial charge in [-0.1, -0.05) is 6.08 Å². The number of allylic oxidation sites excluding steroid dienone is 1. The molecule has 0 unspecified atom stereocenters. The van der Waals surface area contributed by atoms with Gasteiger partial charge in [0.25, 0.3) is 5.69 Å². The van der Waals surface area contributed by atoms with Gasteiger partial charge in [-0.3, -0.25) is 10.1 Å². The first-order valence-corrected chi connectivity index (χ1v) is 4.42. The quantitative estimate of drug-likeness (QED) is 0.436. The minimum atomic E-state index is -0.412. The van der Waals surface area contributed by atoms with E-state index in [-0.39, 0.29) is 5.69 Å². The first-order chi connectivity index (χ1) is 7.22. The summed E-state index contributed by atoms with van der Waals surface area (Å²) in [6.07, 6.45) is 3.37. The Kier molecular flexibility index (Phi) is 2.21. The van der Waals surface area contributed by atoms with E-state index >= 15 is 0 Å². The number of nitrogens with zero attached hydrogens (tertiary/aromatic N) is 3. The lowest BCUT2D eigenvalue weighted by molar-refractivity contribution is -0.384. The van der Waals surface area contributed by atoms with Gasteiger partial charge < -0.3 is 4.57 Å². The predicted molar refractivity (Wildman–Crippen MR) is 56.6 cm³/mol. The van der Waals surface area contributed by atoms with Gasteiger partial charge in [0.15, 0.2) is 0 Å². The van der Waals surface area contributed by atoms with Crippen molar-refractivity contribution in [3.63, 3.8) is 0 Å². The highest BCUT2D eigenvalue weighted by atomic mass is 16.6. The van der Waals surface area contributed by atoms with Crippen molar-refractivity contribution in [2.45, 2.75) is 6.54 Å². The summed E-state index contributed by atoms with van der Waals surface area (Å²) in [5.74, 6) is 0. The number of nitro benzene ring substituents is 1. The molecular formula is C10H9N3O2. The van der Waals surface area contributed by atoms with Crippen LogP contribution in [0.25, 0.3) is 11.0 Å². The number of hydrogen-bond donors (Lipinski definition) is 0. The Balaban J connectivity index is 2.60. The number of benzene rings is 1. The molecule has 0 atom stereocenters. The molecule has 76 valence electrons. The molecular weight excluding hydrogens is 194 g/mol. The second-order valence-corrected chi connectivity index (χ2v) is 3.12. The molecule has 2 rings (SSSR count). The Hall–Kier alpha value is -2.17. The fourth-order valence-electron chi connectivity index (χ4n) is 1.44. The van der Waals surface area contributed by atoms with Gasteiger partial charge in [-0.2, -0.15) is 0 Å². The van der Waals surface area contributed by atoms with E-state index < -0.39 is 4.92 Å².